The van der Waals surface area contributed by atoms with Gasteiger partial charge in [-0.2, -0.15) is 0 Å². The summed E-state index contributed by atoms with van der Waals surface area (Å²) in [6.45, 7) is 5.42. The normalized spacial score (nSPS) is 16.7. The lowest BCUT2D eigenvalue weighted by atomic mass is 10.1. The average molecular weight is 319 g/mol. The predicted molar refractivity (Wildman–Crippen MR) is 85.0 cm³/mol. The largest absolute Gasteiger partial charge is 0.478 e. The molecule has 0 fully saturated rings. The van der Waals surface area contributed by atoms with Crippen LogP contribution in [0.2, 0.25) is 0 Å². The topological polar surface area (TPSA) is 96.5 Å². The Hall–Kier alpha value is -2.57. The van der Waals surface area contributed by atoms with Gasteiger partial charge < -0.3 is 20.7 Å². The molecule has 0 aromatic heterocycles. The van der Waals surface area contributed by atoms with Gasteiger partial charge >= 0.3 is 0 Å². The number of hydrogen-bond donors (Lipinski definition) is 3. The number of hydrogen-bond acceptors (Lipinski definition) is 4. The van der Waals surface area contributed by atoms with Crippen molar-refractivity contribution >= 4 is 23.4 Å². The van der Waals surface area contributed by atoms with E-state index in [1.165, 1.54) is 0 Å². The van der Waals surface area contributed by atoms with Crippen LogP contribution in [0.4, 0.5) is 5.69 Å². The van der Waals surface area contributed by atoms with Crippen LogP contribution >= 0.6 is 0 Å². The highest BCUT2D eigenvalue weighted by atomic mass is 16.5. The summed E-state index contributed by atoms with van der Waals surface area (Å²) >= 11 is 0. The summed E-state index contributed by atoms with van der Waals surface area (Å²) in [6, 6.07) is 7.00. The van der Waals surface area contributed by atoms with Crippen molar-refractivity contribution in [2.24, 2.45) is 0 Å². The molecule has 0 unspecified atom stereocenters. The van der Waals surface area contributed by atoms with Gasteiger partial charge in [-0.15, -0.1) is 0 Å². The number of nitrogens with one attached hydrogen (secondary N) is 3. The Morgan fingerprint density at radius 2 is 1.91 bits per heavy atom. The first-order valence-electron chi connectivity index (χ1n) is 7.39. The van der Waals surface area contributed by atoms with Crippen LogP contribution in [0.3, 0.4) is 0 Å². The van der Waals surface area contributed by atoms with Gasteiger partial charge in [-0.1, -0.05) is 12.1 Å². The smallest absolute Gasteiger partial charge is 0.266 e. The van der Waals surface area contributed by atoms with E-state index in [9.17, 15) is 14.4 Å². The van der Waals surface area contributed by atoms with Gasteiger partial charge in [-0.25, -0.2) is 0 Å². The highest BCUT2D eigenvalue weighted by molar-refractivity contribution is 6.00. The van der Waals surface area contributed by atoms with Crippen LogP contribution < -0.4 is 20.7 Å². The quantitative estimate of drug-likeness (QED) is 0.765. The number of ether oxygens (including phenoxy) is 1. The number of anilines is 1. The van der Waals surface area contributed by atoms with Crippen molar-refractivity contribution in [1.29, 1.82) is 0 Å². The van der Waals surface area contributed by atoms with E-state index in [2.05, 4.69) is 16.0 Å². The van der Waals surface area contributed by atoms with E-state index in [1.54, 1.807) is 24.3 Å². The van der Waals surface area contributed by atoms with Crippen molar-refractivity contribution in [3.05, 3.63) is 24.3 Å². The molecule has 124 valence electrons. The van der Waals surface area contributed by atoms with Crippen LogP contribution in [-0.2, 0) is 14.4 Å². The fraction of sp³-hybridized carbons (Fsp3) is 0.438. The number of carbonyl (C=O) groups is 3. The highest BCUT2D eigenvalue weighted by Crippen LogP contribution is 2.29. The summed E-state index contributed by atoms with van der Waals surface area (Å²) in [5.41, 5.74) is 0.219. The maximum atomic E-state index is 11.9. The van der Waals surface area contributed by atoms with Crippen molar-refractivity contribution in [3.8, 4) is 5.75 Å². The summed E-state index contributed by atoms with van der Waals surface area (Å²) < 4.78 is 5.53. The molecule has 0 saturated heterocycles. The first-order valence-corrected chi connectivity index (χ1v) is 7.39. The van der Waals surface area contributed by atoms with Gasteiger partial charge in [0.15, 0.2) is 6.10 Å². The summed E-state index contributed by atoms with van der Waals surface area (Å²) in [5, 5.41) is 7.91. The lowest BCUT2D eigenvalue weighted by Gasteiger charge is -2.25. The number of amides is 3. The Balaban J connectivity index is 1.84. The number of benzene rings is 1. The molecular weight excluding hydrogens is 298 g/mol. The fourth-order valence-corrected chi connectivity index (χ4v) is 2.11. The second-order valence-corrected chi connectivity index (χ2v) is 6.37. The molecule has 1 aromatic carbocycles. The minimum Gasteiger partial charge on any atom is -0.478 e. The molecule has 23 heavy (non-hydrogen) atoms. The van der Waals surface area contributed by atoms with Gasteiger partial charge in [0.05, 0.1) is 18.7 Å². The molecule has 1 heterocycles. The summed E-state index contributed by atoms with van der Waals surface area (Å²) in [7, 11) is 0. The summed E-state index contributed by atoms with van der Waals surface area (Å²) in [4.78, 5) is 35.5. The molecular formula is C16H21N3O4. The van der Waals surface area contributed by atoms with Crippen molar-refractivity contribution in [1.82, 2.24) is 10.6 Å². The zero-order chi connectivity index (χ0) is 17.0. The Kier molecular flexibility index (Phi) is 4.88. The van der Waals surface area contributed by atoms with Gasteiger partial charge in [-0.3, -0.25) is 14.4 Å². The van der Waals surface area contributed by atoms with E-state index in [-0.39, 0.29) is 30.3 Å². The second kappa shape index (κ2) is 6.68. The van der Waals surface area contributed by atoms with Crippen molar-refractivity contribution in [2.45, 2.75) is 38.8 Å². The number of carbonyl (C=O) groups excluding carboxylic acids is 3. The van der Waals surface area contributed by atoms with Crippen molar-refractivity contribution in [2.75, 3.05) is 11.9 Å². The fourth-order valence-electron chi connectivity index (χ4n) is 2.11. The van der Waals surface area contributed by atoms with Crippen LogP contribution in [-0.4, -0.2) is 35.9 Å². The van der Waals surface area contributed by atoms with Crippen LogP contribution in [0.15, 0.2) is 24.3 Å². The predicted octanol–water partition coefficient (Wildman–Crippen LogP) is 0.807. The van der Waals surface area contributed by atoms with Crippen LogP contribution in [0.1, 0.15) is 27.2 Å². The van der Waals surface area contributed by atoms with Gasteiger partial charge in [0.2, 0.25) is 11.8 Å². The lowest BCUT2D eigenvalue weighted by molar-refractivity contribution is -0.131. The first kappa shape index (κ1) is 16.8. The number of fused-ring (bicyclic) bond motifs is 1. The van der Waals surface area contributed by atoms with Crippen molar-refractivity contribution in [3.63, 3.8) is 0 Å². The Morgan fingerprint density at radius 1 is 1.22 bits per heavy atom. The van der Waals surface area contributed by atoms with Crippen LogP contribution in [0, 0.1) is 0 Å². The maximum Gasteiger partial charge on any atom is 0.266 e. The molecule has 0 radical (unpaired) electrons. The first-order chi connectivity index (χ1) is 10.7. The van der Waals surface area contributed by atoms with Gasteiger partial charge in [0.25, 0.3) is 5.91 Å². The molecule has 2 rings (SSSR count). The van der Waals surface area contributed by atoms with E-state index in [0.29, 0.717) is 11.4 Å². The zero-order valence-electron chi connectivity index (χ0n) is 13.4. The minimum atomic E-state index is -0.907. The molecule has 7 nitrogen and oxygen atoms in total. The number of rotatable bonds is 4. The molecule has 0 saturated carbocycles. The molecule has 1 aliphatic heterocycles. The van der Waals surface area contributed by atoms with Crippen LogP contribution in [0.25, 0.3) is 0 Å². The molecule has 1 aliphatic rings. The van der Waals surface area contributed by atoms with E-state index in [0.717, 1.165) is 0 Å². The third-order valence-corrected chi connectivity index (χ3v) is 3.04. The molecule has 1 atom stereocenters. The van der Waals surface area contributed by atoms with E-state index in [4.69, 9.17) is 4.74 Å². The average Bonchev–Trinajstić information content (AvgIpc) is 2.44. The molecule has 3 amide bonds. The highest BCUT2D eigenvalue weighted by Gasteiger charge is 2.29. The molecule has 7 heteroatoms. The maximum absolute atomic E-state index is 11.9. The molecule has 0 bridgehead atoms. The van der Waals surface area contributed by atoms with Crippen molar-refractivity contribution < 1.29 is 19.1 Å². The second-order valence-electron chi connectivity index (χ2n) is 6.37. The van der Waals surface area contributed by atoms with E-state index < -0.39 is 12.0 Å². The standard InChI is InChI=1S/C16H21N3O4/c1-16(2,3)19-14(21)9-17-13(20)8-12-15(22)18-10-6-4-5-7-11(10)23-12/h4-7,12H,8-9H2,1-3H3,(H,17,20)(H,18,22)(H,19,21)/t12-/m0/s1. The lowest BCUT2D eigenvalue weighted by Crippen LogP contribution is -2.47. The SMILES string of the molecule is CC(C)(C)NC(=O)CNC(=O)C[C@@H]1Oc2ccccc2NC1=O. The van der Waals surface area contributed by atoms with E-state index >= 15 is 0 Å². The number of para-hydroxylation sites is 2. The molecule has 1 aromatic rings. The van der Waals surface area contributed by atoms with Gasteiger partial charge in [-0.05, 0) is 32.9 Å². The van der Waals surface area contributed by atoms with E-state index in [1.807, 2.05) is 20.8 Å². The summed E-state index contributed by atoms with van der Waals surface area (Å²) in [6.07, 6.45) is -1.06. The molecule has 0 spiro atoms. The Morgan fingerprint density at radius 3 is 2.61 bits per heavy atom. The molecule has 3 N–H and O–H groups in total. The minimum absolute atomic E-state index is 0.138. The zero-order valence-corrected chi connectivity index (χ0v) is 13.4. The van der Waals surface area contributed by atoms with Gasteiger partial charge in [0.1, 0.15) is 5.75 Å². The van der Waals surface area contributed by atoms with Crippen LogP contribution in [0.5, 0.6) is 5.75 Å². The third kappa shape index (κ3) is 4.98. The Labute approximate surface area is 134 Å². The third-order valence-electron chi connectivity index (χ3n) is 3.04. The molecule has 0 aliphatic carbocycles. The Bertz CT molecular complexity index is 622. The summed E-state index contributed by atoms with van der Waals surface area (Å²) in [5.74, 6) is -0.563. The monoisotopic (exact) mass is 319 g/mol. The van der Waals surface area contributed by atoms with Gasteiger partial charge in [0, 0.05) is 5.54 Å².